The minimum atomic E-state index is -1.07. The van der Waals surface area contributed by atoms with Gasteiger partial charge in [0.15, 0.2) is 0 Å². The average molecular weight is 281 g/mol. The van der Waals surface area contributed by atoms with Crippen LogP contribution in [0.1, 0.15) is 10.4 Å². The van der Waals surface area contributed by atoms with Crippen molar-refractivity contribution < 1.29 is 14.3 Å². The number of nitrogens with one attached hydrogen (secondary N) is 1. The molecule has 0 aliphatic heterocycles. The molecule has 0 bridgehead atoms. The van der Waals surface area contributed by atoms with Gasteiger partial charge in [0.25, 0.3) is 0 Å². The zero-order chi connectivity index (χ0) is 14.0. The molecule has 0 heterocycles. The van der Waals surface area contributed by atoms with E-state index in [0.29, 0.717) is 5.69 Å². The summed E-state index contributed by atoms with van der Waals surface area (Å²) in [6.45, 7) is 0. The van der Waals surface area contributed by atoms with E-state index in [2.05, 4.69) is 5.32 Å². The Balaban J connectivity index is 2.31. The Morgan fingerprint density at radius 1 is 1.21 bits per heavy atom. The third kappa shape index (κ3) is 2.95. The summed E-state index contributed by atoms with van der Waals surface area (Å²) >= 11 is 5.65. The maximum atomic E-state index is 13.6. The minimum Gasteiger partial charge on any atom is -0.478 e. The van der Waals surface area contributed by atoms with Crippen LogP contribution in [0.25, 0.3) is 0 Å². The maximum Gasteiger partial charge on any atom is 0.335 e. The predicted octanol–water partition coefficient (Wildman–Crippen LogP) is 3.50. The zero-order valence-corrected chi connectivity index (χ0v) is 10.4. The van der Waals surface area contributed by atoms with Crippen molar-refractivity contribution in [2.24, 2.45) is 0 Å². The lowest BCUT2D eigenvalue weighted by Crippen LogP contribution is -2.02. The number of aromatic carboxylic acids is 1. The summed E-state index contributed by atoms with van der Waals surface area (Å²) in [5.41, 5.74) is 6.63. The maximum absolute atomic E-state index is 13.6. The van der Waals surface area contributed by atoms with Crippen molar-refractivity contribution in [3.63, 3.8) is 0 Å². The van der Waals surface area contributed by atoms with Gasteiger partial charge in [-0.2, -0.15) is 0 Å². The number of nitrogen functional groups attached to an aromatic ring is 1. The zero-order valence-electron chi connectivity index (χ0n) is 9.65. The summed E-state index contributed by atoms with van der Waals surface area (Å²) < 4.78 is 13.6. The van der Waals surface area contributed by atoms with Gasteiger partial charge in [-0.05, 0) is 36.4 Å². The molecule has 6 heteroatoms. The number of carboxylic acid groups (broad SMARTS) is 1. The highest BCUT2D eigenvalue weighted by molar-refractivity contribution is 6.30. The molecule has 19 heavy (non-hydrogen) atoms. The van der Waals surface area contributed by atoms with Crippen LogP contribution < -0.4 is 11.1 Å². The summed E-state index contributed by atoms with van der Waals surface area (Å²) in [6, 6.07) is 8.35. The summed E-state index contributed by atoms with van der Waals surface area (Å²) in [4.78, 5) is 10.8. The second kappa shape index (κ2) is 5.16. The van der Waals surface area contributed by atoms with Crippen LogP contribution in [0.15, 0.2) is 36.4 Å². The number of hydrogen-bond acceptors (Lipinski definition) is 3. The van der Waals surface area contributed by atoms with Gasteiger partial charge < -0.3 is 16.2 Å². The van der Waals surface area contributed by atoms with Gasteiger partial charge in [-0.3, -0.25) is 0 Å². The van der Waals surface area contributed by atoms with E-state index in [0.717, 1.165) is 0 Å². The minimum absolute atomic E-state index is 0.0691. The fourth-order valence-corrected chi connectivity index (χ4v) is 1.70. The van der Waals surface area contributed by atoms with E-state index in [9.17, 15) is 9.18 Å². The van der Waals surface area contributed by atoms with Crippen LogP contribution in [0.4, 0.5) is 21.5 Å². The Morgan fingerprint density at radius 2 is 1.89 bits per heavy atom. The van der Waals surface area contributed by atoms with Crippen molar-refractivity contribution in [1.29, 1.82) is 0 Å². The molecule has 0 aromatic heterocycles. The average Bonchev–Trinajstić information content (AvgIpc) is 2.34. The molecule has 98 valence electrons. The van der Waals surface area contributed by atoms with E-state index in [1.165, 1.54) is 36.4 Å². The predicted molar refractivity (Wildman–Crippen MR) is 72.5 cm³/mol. The molecular formula is C13H10ClFN2O2. The number of anilines is 3. The van der Waals surface area contributed by atoms with Crippen LogP contribution in [0.3, 0.4) is 0 Å². The quantitative estimate of drug-likeness (QED) is 0.752. The van der Waals surface area contributed by atoms with Crippen molar-refractivity contribution in [3.05, 3.63) is 52.8 Å². The first-order valence-electron chi connectivity index (χ1n) is 5.32. The smallest absolute Gasteiger partial charge is 0.335 e. The normalized spacial score (nSPS) is 10.2. The molecule has 0 unspecified atom stereocenters. The lowest BCUT2D eigenvalue weighted by Gasteiger charge is -2.11. The van der Waals surface area contributed by atoms with E-state index in [1.807, 2.05) is 0 Å². The fourth-order valence-electron chi connectivity index (χ4n) is 1.55. The SMILES string of the molecule is Nc1cc(C(=O)O)ccc1Nc1ccc(Cl)cc1F. The molecule has 4 N–H and O–H groups in total. The van der Waals surface area contributed by atoms with Gasteiger partial charge in [0.2, 0.25) is 0 Å². The highest BCUT2D eigenvalue weighted by Crippen LogP contribution is 2.27. The summed E-state index contributed by atoms with van der Waals surface area (Å²) in [7, 11) is 0. The van der Waals surface area contributed by atoms with Gasteiger partial charge in [0, 0.05) is 5.02 Å². The van der Waals surface area contributed by atoms with Gasteiger partial charge in [-0.15, -0.1) is 0 Å². The molecule has 0 amide bonds. The van der Waals surface area contributed by atoms with E-state index < -0.39 is 11.8 Å². The van der Waals surface area contributed by atoms with Crippen molar-refractivity contribution in [2.45, 2.75) is 0 Å². The number of hydrogen-bond donors (Lipinski definition) is 3. The van der Waals surface area contributed by atoms with Crippen LogP contribution >= 0.6 is 11.6 Å². The number of carboxylic acids is 1. The topological polar surface area (TPSA) is 75.4 Å². The molecule has 2 aromatic carbocycles. The first-order chi connectivity index (χ1) is 8.97. The molecule has 0 atom stereocenters. The third-order valence-corrected chi connectivity index (χ3v) is 2.73. The Hall–Kier alpha value is -2.27. The molecule has 0 fully saturated rings. The Kier molecular flexibility index (Phi) is 3.57. The number of benzene rings is 2. The van der Waals surface area contributed by atoms with Crippen LogP contribution in [0.2, 0.25) is 5.02 Å². The van der Waals surface area contributed by atoms with Gasteiger partial charge in [-0.1, -0.05) is 11.6 Å². The second-order valence-corrected chi connectivity index (χ2v) is 4.29. The molecule has 0 aliphatic rings. The molecule has 0 radical (unpaired) electrons. The first kappa shape index (κ1) is 13.2. The Labute approximate surface area is 113 Å². The summed E-state index contributed by atoms with van der Waals surface area (Å²) in [6.07, 6.45) is 0. The van der Waals surface area contributed by atoms with Crippen molar-refractivity contribution in [2.75, 3.05) is 11.1 Å². The molecule has 2 aromatic rings. The van der Waals surface area contributed by atoms with Crippen molar-refractivity contribution in [3.8, 4) is 0 Å². The van der Waals surface area contributed by atoms with E-state index in [-0.39, 0.29) is 22.0 Å². The second-order valence-electron chi connectivity index (χ2n) is 3.86. The summed E-state index contributed by atoms with van der Waals surface area (Å²) in [5.74, 6) is -1.59. The molecule has 0 saturated carbocycles. The van der Waals surface area contributed by atoms with Crippen LogP contribution in [0, 0.1) is 5.82 Å². The van der Waals surface area contributed by atoms with Crippen LogP contribution in [-0.2, 0) is 0 Å². The largest absolute Gasteiger partial charge is 0.478 e. The lowest BCUT2D eigenvalue weighted by molar-refractivity contribution is 0.0697. The number of halogens is 2. The first-order valence-corrected chi connectivity index (χ1v) is 5.70. The van der Waals surface area contributed by atoms with Crippen molar-refractivity contribution >= 4 is 34.6 Å². The Morgan fingerprint density at radius 3 is 2.47 bits per heavy atom. The number of nitrogens with two attached hydrogens (primary N) is 1. The monoisotopic (exact) mass is 280 g/mol. The highest BCUT2D eigenvalue weighted by Gasteiger charge is 2.08. The van der Waals surface area contributed by atoms with Gasteiger partial charge >= 0.3 is 5.97 Å². The molecular weight excluding hydrogens is 271 g/mol. The standard InChI is InChI=1S/C13H10ClFN2O2/c14-8-2-4-11(9(15)6-8)17-12-3-1-7(13(18)19)5-10(12)16/h1-6,17H,16H2,(H,18,19). The Bertz CT molecular complexity index is 647. The van der Waals surface area contributed by atoms with Gasteiger partial charge in [-0.25, -0.2) is 9.18 Å². The van der Waals surface area contributed by atoms with E-state index in [4.69, 9.17) is 22.4 Å². The summed E-state index contributed by atoms with van der Waals surface area (Å²) in [5, 5.41) is 11.9. The highest BCUT2D eigenvalue weighted by atomic mass is 35.5. The van der Waals surface area contributed by atoms with Crippen LogP contribution in [0.5, 0.6) is 0 Å². The lowest BCUT2D eigenvalue weighted by atomic mass is 10.1. The molecule has 0 aliphatic carbocycles. The van der Waals surface area contributed by atoms with Gasteiger partial charge in [0.1, 0.15) is 5.82 Å². The molecule has 0 saturated heterocycles. The van der Waals surface area contributed by atoms with Crippen molar-refractivity contribution in [1.82, 2.24) is 0 Å². The fraction of sp³-hybridized carbons (Fsp3) is 0. The number of rotatable bonds is 3. The number of carbonyl (C=O) groups is 1. The van der Waals surface area contributed by atoms with E-state index in [1.54, 1.807) is 0 Å². The van der Waals surface area contributed by atoms with E-state index >= 15 is 0 Å². The van der Waals surface area contributed by atoms with Crippen LogP contribution in [-0.4, -0.2) is 11.1 Å². The molecule has 0 spiro atoms. The van der Waals surface area contributed by atoms with Gasteiger partial charge in [0.05, 0.1) is 22.6 Å². The third-order valence-electron chi connectivity index (χ3n) is 2.50. The molecule has 4 nitrogen and oxygen atoms in total. The molecule has 2 rings (SSSR count).